The van der Waals surface area contributed by atoms with Crippen LogP contribution in [-0.4, -0.2) is 33.9 Å². The standard InChI is InChI=1S/C9H11N3O3/c1-15-9(14)8-5-12(11-10-8)4-6-2-7(13)3-6/h5-6H,2-4H2,1H3. The van der Waals surface area contributed by atoms with Gasteiger partial charge >= 0.3 is 5.97 Å². The van der Waals surface area contributed by atoms with Gasteiger partial charge in [0, 0.05) is 19.4 Å². The maximum absolute atomic E-state index is 11.1. The molecule has 1 aromatic heterocycles. The van der Waals surface area contributed by atoms with Crippen molar-refractivity contribution in [3.8, 4) is 0 Å². The minimum atomic E-state index is -0.495. The summed E-state index contributed by atoms with van der Waals surface area (Å²) in [6.45, 7) is 0.635. The van der Waals surface area contributed by atoms with E-state index in [0.717, 1.165) is 0 Å². The summed E-state index contributed by atoms with van der Waals surface area (Å²) in [5.74, 6) is 0.129. The molecule has 1 saturated carbocycles. The number of ketones is 1. The summed E-state index contributed by atoms with van der Waals surface area (Å²) >= 11 is 0. The van der Waals surface area contributed by atoms with E-state index in [4.69, 9.17) is 0 Å². The maximum Gasteiger partial charge on any atom is 0.360 e. The summed E-state index contributed by atoms with van der Waals surface area (Å²) in [7, 11) is 1.30. The summed E-state index contributed by atoms with van der Waals surface area (Å²) in [6, 6.07) is 0. The third kappa shape index (κ3) is 2.03. The van der Waals surface area contributed by atoms with Crippen molar-refractivity contribution >= 4 is 11.8 Å². The van der Waals surface area contributed by atoms with Gasteiger partial charge < -0.3 is 4.74 Å². The van der Waals surface area contributed by atoms with Gasteiger partial charge in [0.1, 0.15) is 5.78 Å². The predicted octanol–water partition coefficient (Wildman–Crippen LogP) is 0.0438. The largest absolute Gasteiger partial charge is 0.464 e. The molecule has 1 heterocycles. The number of ether oxygens (including phenoxy) is 1. The lowest BCUT2D eigenvalue weighted by Crippen LogP contribution is -2.27. The summed E-state index contributed by atoms with van der Waals surface area (Å²) in [6.07, 6.45) is 2.75. The van der Waals surface area contributed by atoms with E-state index < -0.39 is 5.97 Å². The molecule has 15 heavy (non-hydrogen) atoms. The number of carbonyl (C=O) groups is 2. The molecule has 0 aromatic carbocycles. The van der Waals surface area contributed by atoms with E-state index in [0.29, 0.717) is 25.3 Å². The average molecular weight is 209 g/mol. The Morgan fingerprint density at radius 2 is 2.40 bits per heavy atom. The van der Waals surface area contributed by atoms with E-state index in [2.05, 4.69) is 15.0 Å². The van der Waals surface area contributed by atoms with Crippen LogP contribution in [0.4, 0.5) is 0 Å². The molecular formula is C9H11N3O3. The Morgan fingerprint density at radius 3 is 3.00 bits per heavy atom. The smallest absolute Gasteiger partial charge is 0.360 e. The highest BCUT2D eigenvalue weighted by molar-refractivity contribution is 5.86. The van der Waals surface area contributed by atoms with Crippen molar-refractivity contribution in [3.05, 3.63) is 11.9 Å². The summed E-state index contributed by atoms with van der Waals surface area (Å²) in [4.78, 5) is 21.8. The van der Waals surface area contributed by atoms with Crippen LogP contribution in [0, 0.1) is 5.92 Å². The van der Waals surface area contributed by atoms with Crippen LogP contribution in [0.5, 0.6) is 0 Å². The lowest BCUT2D eigenvalue weighted by molar-refractivity contribution is -0.127. The molecule has 1 aromatic rings. The van der Waals surface area contributed by atoms with E-state index in [1.807, 2.05) is 0 Å². The number of hydrogen-bond acceptors (Lipinski definition) is 5. The molecule has 0 unspecified atom stereocenters. The maximum atomic E-state index is 11.1. The first-order valence-electron chi connectivity index (χ1n) is 4.69. The van der Waals surface area contributed by atoms with Crippen molar-refractivity contribution in [2.24, 2.45) is 5.92 Å². The van der Waals surface area contributed by atoms with E-state index in [9.17, 15) is 9.59 Å². The van der Waals surface area contributed by atoms with E-state index in [1.54, 1.807) is 4.68 Å². The zero-order chi connectivity index (χ0) is 10.8. The second-order valence-corrected chi connectivity index (χ2v) is 3.63. The summed E-state index contributed by atoms with van der Waals surface area (Å²) in [5, 5.41) is 7.46. The fourth-order valence-electron chi connectivity index (χ4n) is 1.56. The topological polar surface area (TPSA) is 74.1 Å². The second-order valence-electron chi connectivity index (χ2n) is 3.63. The molecule has 0 amide bonds. The molecule has 0 radical (unpaired) electrons. The van der Waals surface area contributed by atoms with Gasteiger partial charge in [0.15, 0.2) is 5.69 Å². The number of Topliss-reactive ketones (excluding diaryl/α,β-unsaturated/α-hetero) is 1. The van der Waals surface area contributed by atoms with E-state index >= 15 is 0 Å². The molecule has 0 spiro atoms. The van der Waals surface area contributed by atoms with Crippen molar-refractivity contribution in [1.29, 1.82) is 0 Å². The molecule has 6 heteroatoms. The first kappa shape index (κ1) is 9.82. The molecule has 0 atom stereocenters. The molecule has 80 valence electrons. The fourth-order valence-corrected chi connectivity index (χ4v) is 1.56. The normalized spacial score (nSPS) is 16.2. The van der Waals surface area contributed by atoms with Gasteiger partial charge in [-0.3, -0.25) is 9.48 Å². The number of methoxy groups -OCH3 is 1. The molecule has 0 bridgehead atoms. The van der Waals surface area contributed by atoms with Crippen molar-refractivity contribution in [3.63, 3.8) is 0 Å². The number of carbonyl (C=O) groups excluding carboxylic acids is 2. The molecule has 0 saturated heterocycles. The average Bonchev–Trinajstić information content (AvgIpc) is 2.63. The highest BCUT2D eigenvalue weighted by Crippen LogP contribution is 2.23. The number of nitrogens with zero attached hydrogens (tertiary/aromatic N) is 3. The van der Waals surface area contributed by atoms with Crippen LogP contribution in [-0.2, 0) is 16.1 Å². The monoisotopic (exact) mass is 209 g/mol. The van der Waals surface area contributed by atoms with Crippen LogP contribution in [0.2, 0.25) is 0 Å². The third-order valence-corrected chi connectivity index (χ3v) is 2.41. The molecule has 1 fully saturated rings. The highest BCUT2D eigenvalue weighted by Gasteiger charge is 2.27. The molecule has 2 rings (SSSR count). The Labute approximate surface area is 86.2 Å². The summed E-state index contributed by atoms with van der Waals surface area (Å²) in [5.41, 5.74) is 0.197. The van der Waals surface area contributed by atoms with Gasteiger partial charge in [0.05, 0.1) is 13.3 Å². The Balaban J connectivity index is 1.95. The first-order chi connectivity index (χ1) is 7.19. The SMILES string of the molecule is COC(=O)c1cn(CC2CC(=O)C2)nn1. The Morgan fingerprint density at radius 1 is 1.67 bits per heavy atom. The minimum Gasteiger partial charge on any atom is -0.464 e. The van der Waals surface area contributed by atoms with Crippen LogP contribution in [0.15, 0.2) is 6.20 Å². The number of rotatable bonds is 3. The van der Waals surface area contributed by atoms with Gasteiger partial charge in [-0.15, -0.1) is 5.10 Å². The lowest BCUT2D eigenvalue weighted by atomic mass is 9.84. The van der Waals surface area contributed by atoms with Crippen LogP contribution >= 0.6 is 0 Å². The van der Waals surface area contributed by atoms with Gasteiger partial charge in [-0.1, -0.05) is 5.21 Å². The van der Waals surface area contributed by atoms with Gasteiger partial charge in [0.25, 0.3) is 0 Å². The van der Waals surface area contributed by atoms with Gasteiger partial charge in [-0.2, -0.15) is 0 Å². The molecule has 1 aliphatic carbocycles. The zero-order valence-corrected chi connectivity index (χ0v) is 8.34. The van der Waals surface area contributed by atoms with Gasteiger partial charge in [0.2, 0.25) is 0 Å². The Hall–Kier alpha value is -1.72. The van der Waals surface area contributed by atoms with Crippen LogP contribution in [0.3, 0.4) is 0 Å². The van der Waals surface area contributed by atoms with Gasteiger partial charge in [-0.05, 0) is 5.92 Å². The Bertz CT molecular complexity index is 391. The Kier molecular flexibility index (Phi) is 2.49. The minimum absolute atomic E-state index is 0.197. The predicted molar refractivity (Wildman–Crippen MR) is 49.1 cm³/mol. The molecule has 0 N–H and O–H groups in total. The number of esters is 1. The number of hydrogen-bond donors (Lipinski definition) is 0. The van der Waals surface area contributed by atoms with Crippen molar-refractivity contribution in [1.82, 2.24) is 15.0 Å². The third-order valence-electron chi connectivity index (χ3n) is 2.41. The zero-order valence-electron chi connectivity index (χ0n) is 8.34. The highest BCUT2D eigenvalue weighted by atomic mass is 16.5. The van der Waals surface area contributed by atoms with Gasteiger partial charge in [-0.25, -0.2) is 4.79 Å². The fraction of sp³-hybridized carbons (Fsp3) is 0.556. The van der Waals surface area contributed by atoms with Crippen molar-refractivity contribution in [2.45, 2.75) is 19.4 Å². The summed E-state index contributed by atoms with van der Waals surface area (Å²) < 4.78 is 6.08. The van der Waals surface area contributed by atoms with E-state index in [-0.39, 0.29) is 11.5 Å². The van der Waals surface area contributed by atoms with Crippen molar-refractivity contribution < 1.29 is 14.3 Å². The lowest BCUT2D eigenvalue weighted by Gasteiger charge is -2.23. The van der Waals surface area contributed by atoms with Crippen LogP contribution in [0.25, 0.3) is 0 Å². The molecule has 0 aliphatic heterocycles. The van der Waals surface area contributed by atoms with Crippen LogP contribution < -0.4 is 0 Å². The quantitative estimate of drug-likeness (QED) is 0.657. The van der Waals surface area contributed by atoms with Crippen LogP contribution in [0.1, 0.15) is 23.3 Å². The van der Waals surface area contributed by atoms with E-state index in [1.165, 1.54) is 13.3 Å². The first-order valence-corrected chi connectivity index (χ1v) is 4.69. The molecular weight excluding hydrogens is 198 g/mol. The molecule has 6 nitrogen and oxygen atoms in total. The number of aromatic nitrogens is 3. The molecule has 1 aliphatic rings. The second kappa shape index (κ2) is 3.80. The van der Waals surface area contributed by atoms with Crippen molar-refractivity contribution in [2.75, 3.05) is 7.11 Å².